The van der Waals surface area contributed by atoms with E-state index in [0.717, 1.165) is 41.1 Å². The van der Waals surface area contributed by atoms with E-state index in [9.17, 15) is 9.59 Å². The molecule has 0 radical (unpaired) electrons. The number of hydrogen-bond donors (Lipinski definition) is 3. The number of aryl methyl sites for hydroxylation is 1. The molecule has 0 saturated carbocycles. The molecule has 2 aromatic carbocycles. The molecular weight excluding hydrogens is 388 g/mol. The van der Waals surface area contributed by atoms with E-state index in [2.05, 4.69) is 32.7 Å². The van der Waals surface area contributed by atoms with Gasteiger partial charge in [0.25, 0.3) is 5.91 Å². The molecule has 1 aliphatic rings. The maximum atomic E-state index is 12.8. The number of hydrogen-bond acceptors (Lipinski definition) is 3. The third kappa shape index (κ3) is 3.65. The quantitative estimate of drug-likeness (QED) is 0.473. The number of fused-ring (bicyclic) bond motifs is 4. The number of carbonyl (C=O) groups is 2. The number of carbonyl (C=O) groups excluding carboxylic acids is 2. The molecule has 0 saturated heterocycles. The molecule has 2 amide bonds. The average Bonchev–Trinajstić information content (AvgIpc) is 3.17. The van der Waals surface area contributed by atoms with Gasteiger partial charge in [-0.1, -0.05) is 42.5 Å². The van der Waals surface area contributed by atoms with Crippen molar-refractivity contribution in [3.8, 4) is 0 Å². The number of benzene rings is 2. The normalized spacial score (nSPS) is 16.6. The van der Waals surface area contributed by atoms with Crippen LogP contribution in [0, 0.1) is 0 Å². The molecule has 1 aliphatic carbocycles. The second kappa shape index (κ2) is 7.87. The van der Waals surface area contributed by atoms with Gasteiger partial charge in [-0.3, -0.25) is 9.59 Å². The highest BCUT2D eigenvalue weighted by molar-refractivity contribution is 6.09. The molecule has 156 valence electrons. The number of pyridine rings is 1. The average molecular weight is 412 g/mol. The SMILES string of the molecule is CC(NC(=O)c1cc2c(cn1)[nH]c1ccccc12)C(=O)NC1CCCc2ccccc21. The maximum absolute atomic E-state index is 12.8. The Morgan fingerprint density at radius 1 is 1.06 bits per heavy atom. The Hall–Kier alpha value is -3.67. The zero-order chi connectivity index (χ0) is 21.4. The van der Waals surface area contributed by atoms with Gasteiger partial charge in [0.15, 0.2) is 0 Å². The van der Waals surface area contributed by atoms with Gasteiger partial charge < -0.3 is 15.6 Å². The van der Waals surface area contributed by atoms with Gasteiger partial charge in [-0.25, -0.2) is 4.98 Å². The Balaban J connectivity index is 1.30. The van der Waals surface area contributed by atoms with Crippen molar-refractivity contribution in [2.45, 2.75) is 38.3 Å². The molecule has 6 nitrogen and oxygen atoms in total. The van der Waals surface area contributed by atoms with Gasteiger partial charge in [-0.15, -0.1) is 0 Å². The molecule has 2 heterocycles. The van der Waals surface area contributed by atoms with Crippen LogP contribution in [0.5, 0.6) is 0 Å². The minimum Gasteiger partial charge on any atom is -0.353 e. The van der Waals surface area contributed by atoms with Crippen molar-refractivity contribution in [3.05, 3.63) is 77.6 Å². The Kier molecular flexibility index (Phi) is 4.90. The highest BCUT2D eigenvalue weighted by Crippen LogP contribution is 2.29. The summed E-state index contributed by atoms with van der Waals surface area (Å²) in [5.41, 5.74) is 4.62. The van der Waals surface area contributed by atoms with E-state index < -0.39 is 6.04 Å². The van der Waals surface area contributed by atoms with Crippen molar-refractivity contribution in [3.63, 3.8) is 0 Å². The van der Waals surface area contributed by atoms with Gasteiger partial charge >= 0.3 is 0 Å². The first-order valence-corrected chi connectivity index (χ1v) is 10.7. The molecule has 4 aromatic rings. The fourth-order valence-electron chi connectivity index (χ4n) is 4.41. The molecule has 5 rings (SSSR count). The Morgan fingerprint density at radius 2 is 1.87 bits per heavy atom. The maximum Gasteiger partial charge on any atom is 0.270 e. The number of para-hydroxylation sites is 1. The summed E-state index contributed by atoms with van der Waals surface area (Å²) in [6.45, 7) is 1.70. The van der Waals surface area contributed by atoms with E-state index in [-0.39, 0.29) is 17.9 Å². The molecule has 2 aromatic heterocycles. The minimum atomic E-state index is -0.665. The summed E-state index contributed by atoms with van der Waals surface area (Å²) < 4.78 is 0. The summed E-state index contributed by atoms with van der Waals surface area (Å²) in [4.78, 5) is 33.2. The number of aromatic nitrogens is 2. The topological polar surface area (TPSA) is 86.9 Å². The molecular formula is C25H24N4O2. The number of H-pyrrole nitrogens is 1. The van der Waals surface area contributed by atoms with Crippen molar-refractivity contribution in [2.75, 3.05) is 0 Å². The zero-order valence-corrected chi connectivity index (χ0v) is 17.3. The first kappa shape index (κ1) is 19.3. The van der Waals surface area contributed by atoms with Crippen molar-refractivity contribution in [1.29, 1.82) is 0 Å². The Bertz CT molecular complexity index is 1290. The predicted molar refractivity (Wildman–Crippen MR) is 121 cm³/mol. The highest BCUT2D eigenvalue weighted by Gasteiger charge is 2.25. The van der Waals surface area contributed by atoms with Crippen LogP contribution >= 0.6 is 0 Å². The van der Waals surface area contributed by atoms with Crippen LogP contribution in [-0.4, -0.2) is 27.8 Å². The summed E-state index contributed by atoms with van der Waals surface area (Å²) >= 11 is 0. The van der Waals surface area contributed by atoms with Gasteiger partial charge in [0.1, 0.15) is 11.7 Å². The second-order valence-electron chi connectivity index (χ2n) is 8.13. The van der Waals surface area contributed by atoms with Gasteiger partial charge in [-0.05, 0) is 49.4 Å². The first-order chi connectivity index (χ1) is 15.1. The Morgan fingerprint density at radius 3 is 2.77 bits per heavy atom. The number of nitrogens with one attached hydrogen (secondary N) is 3. The zero-order valence-electron chi connectivity index (χ0n) is 17.3. The molecule has 2 atom stereocenters. The number of rotatable bonds is 4. The lowest BCUT2D eigenvalue weighted by Crippen LogP contribution is -2.46. The van der Waals surface area contributed by atoms with Crippen LogP contribution in [0.3, 0.4) is 0 Å². The summed E-state index contributed by atoms with van der Waals surface area (Å²) in [6, 6.07) is 17.2. The van der Waals surface area contributed by atoms with Crippen molar-refractivity contribution in [1.82, 2.24) is 20.6 Å². The lowest BCUT2D eigenvalue weighted by Gasteiger charge is -2.27. The van der Waals surface area contributed by atoms with Gasteiger partial charge in [0, 0.05) is 16.3 Å². The summed E-state index contributed by atoms with van der Waals surface area (Å²) in [5.74, 6) is -0.554. The van der Waals surface area contributed by atoms with Crippen LogP contribution in [-0.2, 0) is 11.2 Å². The largest absolute Gasteiger partial charge is 0.353 e. The molecule has 6 heteroatoms. The fourth-order valence-corrected chi connectivity index (χ4v) is 4.41. The molecule has 3 N–H and O–H groups in total. The van der Waals surface area contributed by atoms with Crippen molar-refractivity contribution < 1.29 is 9.59 Å². The predicted octanol–water partition coefficient (Wildman–Crippen LogP) is 4.03. The fraction of sp³-hybridized carbons (Fsp3) is 0.240. The number of aromatic amines is 1. The van der Waals surface area contributed by atoms with Crippen LogP contribution in [0.4, 0.5) is 0 Å². The lowest BCUT2D eigenvalue weighted by atomic mass is 9.87. The monoisotopic (exact) mass is 412 g/mol. The molecule has 0 spiro atoms. The van der Waals surface area contributed by atoms with E-state index in [1.807, 2.05) is 36.4 Å². The van der Waals surface area contributed by atoms with Gasteiger partial charge in [0.2, 0.25) is 5.91 Å². The summed E-state index contributed by atoms with van der Waals surface area (Å²) in [5, 5.41) is 7.87. The van der Waals surface area contributed by atoms with Crippen LogP contribution in [0.25, 0.3) is 21.8 Å². The van der Waals surface area contributed by atoms with E-state index in [4.69, 9.17) is 0 Å². The van der Waals surface area contributed by atoms with E-state index in [1.165, 1.54) is 11.1 Å². The lowest BCUT2D eigenvalue weighted by molar-refractivity contribution is -0.123. The Labute approximate surface area is 180 Å². The standard InChI is InChI=1S/C25H24N4O2/c1-15(24(30)29-20-12-6-8-16-7-2-3-9-17(16)20)27-25(31)22-13-19-18-10-4-5-11-21(18)28-23(19)14-26-22/h2-5,7,9-11,13-15,20,28H,6,8,12H2,1H3,(H,27,31)(H,29,30). The van der Waals surface area contributed by atoms with Crippen LogP contribution in [0.1, 0.15) is 47.4 Å². The van der Waals surface area contributed by atoms with Crippen LogP contribution in [0.15, 0.2) is 60.8 Å². The van der Waals surface area contributed by atoms with Crippen LogP contribution in [0.2, 0.25) is 0 Å². The van der Waals surface area contributed by atoms with E-state index >= 15 is 0 Å². The minimum absolute atomic E-state index is 0.0162. The third-order valence-corrected chi connectivity index (χ3v) is 6.05. The number of nitrogens with zero attached hydrogens (tertiary/aromatic N) is 1. The second-order valence-corrected chi connectivity index (χ2v) is 8.13. The number of amides is 2. The van der Waals surface area contributed by atoms with Crippen molar-refractivity contribution >= 4 is 33.6 Å². The molecule has 2 unspecified atom stereocenters. The smallest absolute Gasteiger partial charge is 0.270 e. The van der Waals surface area contributed by atoms with Gasteiger partial charge in [-0.2, -0.15) is 0 Å². The summed E-state index contributed by atoms with van der Waals surface area (Å²) in [7, 11) is 0. The van der Waals surface area contributed by atoms with Crippen LogP contribution < -0.4 is 10.6 Å². The summed E-state index contributed by atoms with van der Waals surface area (Å²) in [6.07, 6.45) is 4.64. The van der Waals surface area contributed by atoms with E-state index in [1.54, 1.807) is 19.2 Å². The van der Waals surface area contributed by atoms with E-state index in [0.29, 0.717) is 5.69 Å². The first-order valence-electron chi connectivity index (χ1n) is 10.7. The van der Waals surface area contributed by atoms with Crippen molar-refractivity contribution in [2.24, 2.45) is 0 Å². The highest BCUT2D eigenvalue weighted by atomic mass is 16.2. The van der Waals surface area contributed by atoms with Gasteiger partial charge in [0.05, 0.1) is 17.8 Å². The molecule has 0 aliphatic heterocycles. The molecule has 31 heavy (non-hydrogen) atoms. The molecule has 0 bridgehead atoms. The molecule has 0 fully saturated rings. The third-order valence-electron chi connectivity index (χ3n) is 6.05.